The molecule has 0 bridgehead atoms. The van der Waals surface area contributed by atoms with E-state index in [1.807, 2.05) is 0 Å². The highest BCUT2D eigenvalue weighted by atomic mass is 35.5. The Morgan fingerprint density at radius 1 is 1.62 bits per heavy atom. The second-order valence-corrected chi connectivity index (χ2v) is 3.38. The van der Waals surface area contributed by atoms with E-state index in [4.69, 9.17) is 16.3 Å². The molecule has 0 aliphatic heterocycles. The first kappa shape index (κ1) is 8.69. The Labute approximate surface area is 79.9 Å². The van der Waals surface area contributed by atoms with Crippen molar-refractivity contribution < 1.29 is 9.13 Å². The van der Waals surface area contributed by atoms with Gasteiger partial charge in [0.2, 0.25) is 11.1 Å². The van der Waals surface area contributed by atoms with Gasteiger partial charge in [-0.2, -0.15) is 9.37 Å². The molecular formula is C8H8ClFN2O. The van der Waals surface area contributed by atoms with Gasteiger partial charge in [-0.05, 0) is 30.4 Å². The van der Waals surface area contributed by atoms with Crippen molar-refractivity contribution in [1.82, 2.24) is 9.97 Å². The van der Waals surface area contributed by atoms with Crippen molar-refractivity contribution in [2.75, 3.05) is 6.61 Å². The van der Waals surface area contributed by atoms with Crippen LogP contribution < -0.4 is 4.74 Å². The summed E-state index contributed by atoms with van der Waals surface area (Å²) in [6.45, 7) is 0.518. The first-order chi connectivity index (χ1) is 6.25. The normalized spacial score (nSPS) is 15.8. The van der Waals surface area contributed by atoms with Crippen LogP contribution in [-0.2, 0) is 0 Å². The molecule has 0 radical (unpaired) electrons. The van der Waals surface area contributed by atoms with Crippen molar-refractivity contribution in [1.29, 1.82) is 0 Å². The molecule has 0 spiro atoms. The Hall–Kier alpha value is -0.900. The fourth-order valence-corrected chi connectivity index (χ4v) is 1.04. The van der Waals surface area contributed by atoms with Crippen LogP contribution in [0.1, 0.15) is 12.8 Å². The zero-order chi connectivity index (χ0) is 9.26. The molecule has 5 heteroatoms. The number of halogens is 2. The maximum Gasteiger partial charge on any atom is 0.254 e. The van der Waals surface area contributed by atoms with Crippen molar-refractivity contribution >= 4 is 11.6 Å². The molecule has 1 heterocycles. The summed E-state index contributed by atoms with van der Waals surface area (Å²) in [7, 11) is 0. The molecule has 0 N–H and O–H groups in total. The quantitative estimate of drug-likeness (QED) is 0.704. The summed E-state index contributed by atoms with van der Waals surface area (Å²) in [4.78, 5) is 7.11. The lowest BCUT2D eigenvalue weighted by Gasteiger charge is -2.03. The van der Waals surface area contributed by atoms with Crippen molar-refractivity contribution in [3.8, 4) is 5.88 Å². The van der Waals surface area contributed by atoms with Crippen LogP contribution in [0.3, 0.4) is 0 Å². The third-order valence-electron chi connectivity index (χ3n) is 1.84. The van der Waals surface area contributed by atoms with Crippen LogP contribution in [0.25, 0.3) is 0 Å². The smallest absolute Gasteiger partial charge is 0.254 e. The van der Waals surface area contributed by atoms with Gasteiger partial charge in [0.1, 0.15) is 0 Å². The minimum Gasteiger partial charge on any atom is -0.475 e. The molecule has 0 amide bonds. The highest BCUT2D eigenvalue weighted by molar-refractivity contribution is 6.28. The van der Waals surface area contributed by atoms with E-state index in [-0.39, 0.29) is 11.2 Å². The third-order valence-corrected chi connectivity index (χ3v) is 2.02. The molecule has 1 aromatic heterocycles. The lowest BCUT2D eigenvalue weighted by atomic mass is 10.5. The molecular weight excluding hydrogens is 195 g/mol. The lowest BCUT2D eigenvalue weighted by Crippen LogP contribution is -2.03. The summed E-state index contributed by atoms with van der Waals surface area (Å²) >= 11 is 5.48. The molecule has 3 nitrogen and oxygen atoms in total. The molecule has 1 aliphatic carbocycles. The van der Waals surface area contributed by atoms with Crippen LogP contribution in [0, 0.1) is 11.7 Å². The predicted molar refractivity (Wildman–Crippen MR) is 45.2 cm³/mol. The van der Waals surface area contributed by atoms with E-state index in [2.05, 4.69) is 9.97 Å². The van der Waals surface area contributed by atoms with E-state index in [1.165, 1.54) is 0 Å². The highest BCUT2D eigenvalue weighted by Crippen LogP contribution is 2.29. The van der Waals surface area contributed by atoms with Gasteiger partial charge in [0.15, 0.2) is 0 Å². The Morgan fingerprint density at radius 3 is 3.08 bits per heavy atom. The molecule has 0 atom stereocenters. The standard InChI is InChI=1S/C8H8ClFN2O/c9-8-11-3-6(10)7(12-8)13-4-5-1-2-5/h3,5H,1-2,4H2. The van der Waals surface area contributed by atoms with E-state index in [0.717, 1.165) is 19.0 Å². The summed E-state index contributed by atoms with van der Waals surface area (Å²) in [5, 5.41) is 0.00666. The van der Waals surface area contributed by atoms with Crippen LogP contribution >= 0.6 is 11.6 Å². The van der Waals surface area contributed by atoms with Crippen molar-refractivity contribution in [2.24, 2.45) is 5.92 Å². The molecule has 70 valence electrons. The van der Waals surface area contributed by atoms with E-state index < -0.39 is 5.82 Å². The van der Waals surface area contributed by atoms with Gasteiger partial charge in [0.05, 0.1) is 12.8 Å². The SMILES string of the molecule is Fc1cnc(Cl)nc1OCC1CC1. The van der Waals surface area contributed by atoms with Gasteiger partial charge in [-0.1, -0.05) is 0 Å². The maximum atomic E-state index is 12.9. The lowest BCUT2D eigenvalue weighted by molar-refractivity contribution is 0.272. The molecule has 0 saturated heterocycles. The fraction of sp³-hybridized carbons (Fsp3) is 0.500. The Balaban J connectivity index is 2.03. The number of aromatic nitrogens is 2. The average molecular weight is 203 g/mol. The molecule has 13 heavy (non-hydrogen) atoms. The fourth-order valence-electron chi connectivity index (χ4n) is 0.914. The van der Waals surface area contributed by atoms with Gasteiger partial charge >= 0.3 is 0 Å². The number of nitrogens with zero attached hydrogens (tertiary/aromatic N) is 2. The maximum absolute atomic E-state index is 12.9. The zero-order valence-corrected chi connectivity index (χ0v) is 7.59. The minimum atomic E-state index is -0.565. The van der Waals surface area contributed by atoms with Gasteiger partial charge < -0.3 is 4.74 Å². The Morgan fingerprint density at radius 2 is 2.38 bits per heavy atom. The molecule has 0 aromatic carbocycles. The van der Waals surface area contributed by atoms with E-state index >= 15 is 0 Å². The van der Waals surface area contributed by atoms with Crippen LogP contribution in [0.4, 0.5) is 4.39 Å². The summed E-state index contributed by atoms with van der Waals surface area (Å²) in [5.74, 6) is -0.0508. The second kappa shape index (κ2) is 3.46. The van der Waals surface area contributed by atoms with Crippen LogP contribution in [0.5, 0.6) is 5.88 Å². The summed E-state index contributed by atoms with van der Waals surface area (Å²) in [6, 6.07) is 0. The van der Waals surface area contributed by atoms with Crippen LogP contribution in [0.15, 0.2) is 6.20 Å². The largest absolute Gasteiger partial charge is 0.475 e. The highest BCUT2D eigenvalue weighted by Gasteiger charge is 2.22. The molecule has 1 fully saturated rings. The Bertz CT molecular complexity index is 317. The predicted octanol–water partition coefficient (Wildman–Crippen LogP) is 2.06. The summed E-state index contributed by atoms with van der Waals surface area (Å²) in [6.07, 6.45) is 3.32. The van der Waals surface area contributed by atoms with Gasteiger partial charge in [0, 0.05) is 0 Å². The van der Waals surface area contributed by atoms with E-state index in [0.29, 0.717) is 12.5 Å². The molecule has 1 aromatic rings. The number of ether oxygens (including phenoxy) is 1. The van der Waals surface area contributed by atoms with Crippen molar-refractivity contribution in [3.63, 3.8) is 0 Å². The Kier molecular flexibility index (Phi) is 2.31. The number of rotatable bonds is 3. The van der Waals surface area contributed by atoms with Gasteiger partial charge in [0.25, 0.3) is 5.88 Å². The van der Waals surface area contributed by atoms with Crippen LogP contribution in [-0.4, -0.2) is 16.6 Å². The molecule has 2 rings (SSSR count). The molecule has 1 aliphatic rings. The summed E-state index contributed by atoms with van der Waals surface area (Å²) < 4.78 is 18.1. The summed E-state index contributed by atoms with van der Waals surface area (Å²) in [5.41, 5.74) is 0. The third kappa shape index (κ3) is 2.28. The van der Waals surface area contributed by atoms with Gasteiger partial charge in [-0.25, -0.2) is 4.98 Å². The molecule has 1 saturated carbocycles. The minimum absolute atomic E-state index is 0.00666. The number of hydrogen-bond acceptors (Lipinski definition) is 3. The topological polar surface area (TPSA) is 35.0 Å². The molecule has 0 unspecified atom stereocenters. The van der Waals surface area contributed by atoms with E-state index in [1.54, 1.807) is 0 Å². The van der Waals surface area contributed by atoms with Crippen molar-refractivity contribution in [2.45, 2.75) is 12.8 Å². The van der Waals surface area contributed by atoms with E-state index in [9.17, 15) is 4.39 Å². The van der Waals surface area contributed by atoms with Gasteiger partial charge in [-0.15, -0.1) is 0 Å². The van der Waals surface area contributed by atoms with Crippen LogP contribution in [0.2, 0.25) is 5.28 Å². The monoisotopic (exact) mass is 202 g/mol. The zero-order valence-electron chi connectivity index (χ0n) is 6.83. The number of hydrogen-bond donors (Lipinski definition) is 0. The first-order valence-corrected chi connectivity index (χ1v) is 4.44. The average Bonchev–Trinajstić information content (AvgIpc) is 2.90. The first-order valence-electron chi connectivity index (χ1n) is 4.06. The van der Waals surface area contributed by atoms with Crippen molar-refractivity contribution in [3.05, 3.63) is 17.3 Å². The second-order valence-electron chi connectivity index (χ2n) is 3.05. The van der Waals surface area contributed by atoms with Gasteiger partial charge in [-0.3, -0.25) is 0 Å².